The van der Waals surface area contributed by atoms with E-state index >= 15 is 0 Å². The summed E-state index contributed by atoms with van der Waals surface area (Å²) in [5.41, 5.74) is 0. The first-order chi connectivity index (χ1) is 14.9. The zero-order chi connectivity index (χ0) is 23.2. The maximum absolute atomic E-state index is 11.8. The average Bonchev–Trinajstić information content (AvgIpc) is 2.69. The molecule has 31 heavy (non-hydrogen) atoms. The Morgan fingerprint density at radius 2 is 1.26 bits per heavy atom. The van der Waals surface area contributed by atoms with Gasteiger partial charge in [0.25, 0.3) is 0 Å². The number of nitrogens with one attached hydrogen (secondary N) is 1. The minimum Gasteiger partial charge on any atom is -0.544 e. The molecule has 0 bridgehead atoms. The van der Waals surface area contributed by atoms with E-state index in [1.807, 2.05) is 14.1 Å². The number of hydrogen-bond acceptors (Lipinski definition) is 4. The Hall–Kier alpha value is -1.14. The lowest BCUT2D eigenvalue weighted by Crippen LogP contribution is -2.51. The molecule has 0 aromatic heterocycles. The third-order valence-electron chi connectivity index (χ3n) is 5.68. The van der Waals surface area contributed by atoms with Crippen molar-refractivity contribution in [3.63, 3.8) is 0 Å². The monoisotopic (exact) mass is 442 g/mol. The molecule has 184 valence electrons. The van der Waals surface area contributed by atoms with Crippen LogP contribution in [0.3, 0.4) is 0 Å². The van der Waals surface area contributed by atoms with E-state index in [9.17, 15) is 14.7 Å². The van der Waals surface area contributed by atoms with Crippen LogP contribution in [0.15, 0.2) is 0 Å². The SMILES string of the molecule is CCCCCCCCCCCCCCOCCCCC(=O)NCC[N+](C)(C)CC(=O)[O-]. The summed E-state index contributed by atoms with van der Waals surface area (Å²) >= 11 is 0. The fraction of sp³-hybridized carbons (Fsp3) is 0.920. The molecule has 0 radical (unpaired) electrons. The van der Waals surface area contributed by atoms with Crippen LogP contribution in [0.1, 0.15) is 103 Å². The Balaban J connectivity index is 3.29. The van der Waals surface area contributed by atoms with E-state index < -0.39 is 5.97 Å². The Kier molecular flexibility index (Phi) is 20.0. The molecular formula is C25H50N2O4. The fourth-order valence-corrected chi connectivity index (χ4v) is 3.65. The van der Waals surface area contributed by atoms with Gasteiger partial charge in [-0.15, -0.1) is 0 Å². The van der Waals surface area contributed by atoms with Crippen molar-refractivity contribution in [3.8, 4) is 0 Å². The van der Waals surface area contributed by atoms with E-state index in [1.165, 1.54) is 70.6 Å². The van der Waals surface area contributed by atoms with Gasteiger partial charge in [-0.2, -0.15) is 0 Å². The fourth-order valence-electron chi connectivity index (χ4n) is 3.65. The highest BCUT2D eigenvalue weighted by molar-refractivity contribution is 5.75. The second-order valence-corrected chi connectivity index (χ2v) is 9.50. The summed E-state index contributed by atoms with van der Waals surface area (Å²) < 4.78 is 5.98. The predicted octanol–water partition coefficient (Wildman–Crippen LogP) is 3.82. The zero-order valence-electron chi connectivity index (χ0n) is 20.7. The van der Waals surface area contributed by atoms with Gasteiger partial charge < -0.3 is 24.4 Å². The molecule has 0 aliphatic carbocycles. The normalized spacial score (nSPS) is 11.6. The highest BCUT2D eigenvalue weighted by Crippen LogP contribution is 2.12. The maximum Gasteiger partial charge on any atom is 0.220 e. The molecule has 0 unspecified atom stereocenters. The summed E-state index contributed by atoms with van der Waals surface area (Å²) in [5, 5.41) is 13.5. The molecule has 0 heterocycles. The summed E-state index contributed by atoms with van der Waals surface area (Å²) in [5.74, 6) is -1.05. The Morgan fingerprint density at radius 1 is 0.774 bits per heavy atom. The Labute approximate surface area is 191 Å². The van der Waals surface area contributed by atoms with E-state index in [0.29, 0.717) is 24.0 Å². The van der Waals surface area contributed by atoms with Crippen molar-refractivity contribution >= 4 is 11.9 Å². The first kappa shape index (κ1) is 29.9. The van der Waals surface area contributed by atoms with Gasteiger partial charge in [0, 0.05) is 19.6 Å². The van der Waals surface area contributed by atoms with Crippen molar-refractivity contribution in [2.75, 3.05) is 46.9 Å². The first-order valence-corrected chi connectivity index (χ1v) is 12.7. The number of carbonyl (C=O) groups is 2. The number of likely N-dealkylation sites (N-methyl/N-ethyl adjacent to an activating group) is 1. The molecule has 0 aliphatic heterocycles. The van der Waals surface area contributed by atoms with E-state index in [1.54, 1.807) is 0 Å². The van der Waals surface area contributed by atoms with E-state index in [-0.39, 0.29) is 12.5 Å². The molecule has 0 aromatic carbocycles. The van der Waals surface area contributed by atoms with Crippen molar-refractivity contribution in [2.45, 2.75) is 103 Å². The average molecular weight is 443 g/mol. The number of amides is 1. The van der Waals surface area contributed by atoms with Crippen LogP contribution in [-0.2, 0) is 14.3 Å². The second kappa shape index (κ2) is 20.7. The van der Waals surface area contributed by atoms with E-state index in [2.05, 4.69) is 12.2 Å². The first-order valence-electron chi connectivity index (χ1n) is 12.7. The summed E-state index contributed by atoms with van der Waals surface area (Å²) in [4.78, 5) is 22.5. The molecule has 0 rings (SSSR count). The van der Waals surface area contributed by atoms with Crippen LogP contribution >= 0.6 is 0 Å². The second-order valence-electron chi connectivity index (χ2n) is 9.50. The summed E-state index contributed by atoms with van der Waals surface area (Å²) in [6.45, 7) is 4.82. The number of ether oxygens (including phenoxy) is 1. The smallest absolute Gasteiger partial charge is 0.220 e. The van der Waals surface area contributed by atoms with Crippen LogP contribution in [0.5, 0.6) is 0 Å². The number of rotatable bonds is 23. The van der Waals surface area contributed by atoms with Crippen LogP contribution in [0, 0.1) is 0 Å². The molecule has 0 aromatic rings. The third kappa shape index (κ3) is 23.4. The molecule has 6 heteroatoms. The predicted molar refractivity (Wildman–Crippen MR) is 126 cm³/mol. The van der Waals surface area contributed by atoms with E-state index in [4.69, 9.17) is 4.74 Å². The largest absolute Gasteiger partial charge is 0.544 e. The van der Waals surface area contributed by atoms with Crippen molar-refractivity contribution in [1.29, 1.82) is 0 Å². The number of quaternary nitrogens is 1. The highest BCUT2D eigenvalue weighted by atomic mass is 16.5. The molecular weight excluding hydrogens is 392 g/mol. The van der Waals surface area contributed by atoms with Gasteiger partial charge >= 0.3 is 0 Å². The van der Waals surface area contributed by atoms with Crippen molar-refractivity contribution in [2.24, 2.45) is 0 Å². The number of nitrogens with zero attached hydrogens (tertiary/aromatic N) is 1. The van der Waals surface area contributed by atoms with Crippen LogP contribution in [0.4, 0.5) is 0 Å². The summed E-state index contributed by atoms with van der Waals surface area (Å²) in [6, 6.07) is 0. The molecule has 0 saturated carbocycles. The lowest BCUT2D eigenvalue weighted by atomic mass is 10.1. The van der Waals surface area contributed by atoms with Gasteiger partial charge in [0.1, 0.15) is 6.54 Å². The van der Waals surface area contributed by atoms with Gasteiger partial charge in [-0.1, -0.05) is 77.6 Å². The minimum atomic E-state index is -1.07. The maximum atomic E-state index is 11.8. The van der Waals surface area contributed by atoms with Crippen molar-refractivity contribution < 1.29 is 23.9 Å². The number of hydrogen-bond donors (Lipinski definition) is 1. The molecule has 1 amide bonds. The number of carboxylic acids is 1. The topological polar surface area (TPSA) is 78.5 Å². The minimum absolute atomic E-state index is 0.0226. The van der Waals surface area contributed by atoms with Crippen molar-refractivity contribution in [3.05, 3.63) is 0 Å². The van der Waals surface area contributed by atoms with Crippen LogP contribution < -0.4 is 10.4 Å². The molecule has 0 fully saturated rings. The number of carboxylic acid groups (broad SMARTS) is 1. The number of aliphatic carboxylic acids is 1. The Bertz CT molecular complexity index is 441. The molecule has 0 spiro atoms. The highest BCUT2D eigenvalue weighted by Gasteiger charge is 2.15. The molecule has 0 saturated heterocycles. The number of carbonyl (C=O) groups excluding carboxylic acids is 2. The summed E-state index contributed by atoms with van der Waals surface area (Å²) in [7, 11) is 3.63. The quantitative estimate of drug-likeness (QED) is 0.193. The standard InChI is InChI=1S/C25H50N2O4/c1-4-5-6-7-8-9-10-11-12-13-14-16-21-31-22-17-15-18-24(28)26-19-20-27(2,3)23-25(29)30/h4-23H2,1-3H3,(H-,26,28,29,30). The van der Waals surface area contributed by atoms with Crippen LogP contribution in [0.25, 0.3) is 0 Å². The Morgan fingerprint density at radius 3 is 1.77 bits per heavy atom. The van der Waals surface area contributed by atoms with Gasteiger partial charge in [0.05, 0.1) is 33.2 Å². The zero-order valence-corrected chi connectivity index (χ0v) is 20.7. The molecule has 1 N–H and O–H groups in total. The van der Waals surface area contributed by atoms with E-state index in [0.717, 1.165) is 32.5 Å². The summed E-state index contributed by atoms with van der Waals surface area (Å²) in [6.07, 6.45) is 18.4. The molecule has 6 nitrogen and oxygen atoms in total. The van der Waals surface area contributed by atoms with Gasteiger partial charge in [-0.3, -0.25) is 4.79 Å². The van der Waals surface area contributed by atoms with Gasteiger partial charge in [-0.25, -0.2) is 0 Å². The van der Waals surface area contributed by atoms with Crippen LogP contribution in [0.2, 0.25) is 0 Å². The van der Waals surface area contributed by atoms with Crippen molar-refractivity contribution in [1.82, 2.24) is 5.32 Å². The molecule has 0 atom stereocenters. The van der Waals surface area contributed by atoms with Gasteiger partial charge in [0.2, 0.25) is 5.91 Å². The van der Waals surface area contributed by atoms with Gasteiger partial charge in [0.15, 0.2) is 0 Å². The lowest BCUT2D eigenvalue weighted by molar-refractivity contribution is -0.883. The lowest BCUT2D eigenvalue weighted by Gasteiger charge is -2.30. The third-order valence-corrected chi connectivity index (χ3v) is 5.68. The number of unbranched alkanes of at least 4 members (excludes halogenated alkanes) is 12. The molecule has 0 aliphatic rings. The van der Waals surface area contributed by atoms with Crippen LogP contribution in [-0.4, -0.2) is 63.3 Å². The van der Waals surface area contributed by atoms with Gasteiger partial charge in [-0.05, 0) is 19.3 Å².